The van der Waals surface area contributed by atoms with Gasteiger partial charge >= 0.3 is 0 Å². The molecule has 13 heavy (non-hydrogen) atoms. The van der Waals surface area contributed by atoms with E-state index in [4.69, 9.17) is 0 Å². The summed E-state index contributed by atoms with van der Waals surface area (Å²) >= 11 is 4.27. The Morgan fingerprint density at radius 3 is 2.46 bits per heavy atom. The van der Waals surface area contributed by atoms with Crippen molar-refractivity contribution in [1.29, 1.82) is 0 Å². The quantitative estimate of drug-likeness (QED) is 0.585. The highest BCUT2D eigenvalue weighted by atomic mass is 33.1. The van der Waals surface area contributed by atoms with Gasteiger partial charge in [-0.3, -0.25) is 4.79 Å². The van der Waals surface area contributed by atoms with Gasteiger partial charge < -0.3 is 4.90 Å². The largest absolute Gasteiger partial charge is 0.340 e. The molecule has 0 aliphatic carbocycles. The lowest BCUT2D eigenvalue weighted by molar-refractivity contribution is -0.130. The fraction of sp³-hybridized carbons (Fsp3) is 0.875. The van der Waals surface area contributed by atoms with Crippen LogP contribution in [0.4, 0.5) is 0 Å². The SMILES string of the molecule is CCC(S)C(=O)N1CCSSCC1. The number of hydrogen-bond acceptors (Lipinski definition) is 4. The maximum Gasteiger partial charge on any atom is 0.235 e. The van der Waals surface area contributed by atoms with E-state index in [0.717, 1.165) is 31.0 Å². The van der Waals surface area contributed by atoms with E-state index in [1.807, 2.05) is 33.4 Å². The van der Waals surface area contributed by atoms with Gasteiger partial charge in [0.05, 0.1) is 5.25 Å². The van der Waals surface area contributed by atoms with E-state index in [-0.39, 0.29) is 11.2 Å². The molecule has 0 saturated carbocycles. The zero-order chi connectivity index (χ0) is 9.68. The zero-order valence-electron chi connectivity index (χ0n) is 7.73. The van der Waals surface area contributed by atoms with Crippen LogP contribution in [0.3, 0.4) is 0 Å². The molecule has 1 heterocycles. The highest BCUT2D eigenvalue weighted by molar-refractivity contribution is 8.76. The van der Waals surface area contributed by atoms with Gasteiger partial charge in [-0.2, -0.15) is 12.6 Å². The topological polar surface area (TPSA) is 20.3 Å². The fourth-order valence-electron chi connectivity index (χ4n) is 1.13. The number of carbonyl (C=O) groups excluding carboxylic acids is 1. The minimum absolute atomic E-state index is 0.104. The smallest absolute Gasteiger partial charge is 0.235 e. The van der Waals surface area contributed by atoms with Gasteiger partial charge in [0, 0.05) is 24.6 Å². The normalized spacial score (nSPS) is 20.9. The third-order valence-electron chi connectivity index (χ3n) is 1.96. The van der Waals surface area contributed by atoms with E-state index < -0.39 is 0 Å². The Kier molecular flexibility index (Phi) is 5.43. The fourth-order valence-corrected chi connectivity index (χ4v) is 3.27. The van der Waals surface area contributed by atoms with Gasteiger partial charge in [0.25, 0.3) is 0 Å². The molecule has 0 radical (unpaired) electrons. The van der Waals surface area contributed by atoms with Crippen LogP contribution in [0, 0.1) is 0 Å². The van der Waals surface area contributed by atoms with Crippen molar-refractivity contribution >= 4 is 40.1 Å². The first-order valence-electron chi connectivity index (χ1n) is 4.47. The highest BCUT2D eigenvalue weighted by Gasteiger charge is 2.20. The molecule has 0 aromatic rings. The lowest BCUT2D eigenvalue weighted by Gasteiger charge is -2.22. The van der Waals surface area contributed by atoms with Crippen molar-refractivity contribution in [2.45, 2.75) is 18.6 Å². The number of rotatable bonds is 2. The standard InChI is InChI=1S/C8H15NOS3/c1-2-7(11)8(10)9-3-5-12-13-6-4-9/h7,11H,2-6H2,1H3. The Morgan fingerprint density at radius 1 is 1.46 bits per heavy atom. The van der Waals surface area contributed by atoms with E-state index in [1.165, 1.54) is 0 Å². The van der Waals surface area contributed by atoms with Crippen molar-refractivity contribution in [2.75, 3.05) is 24.6 Å². The van der Waals surface area contributed by atoms with Crippen LogP contribution in [-0.4, -0.2) is 40.7 Å². The van der Waals surface area contributed by atoms with Crippen LogP contribution in [0.5, 0.6) is 0 Å². The minimum Gasteiger partial charge on any atom is -0.340 e. The van der Waals surface area contributed by atoms with Gasteiger partial charge in [-0.1, -0.05) is 28.5 Å². The lowest BCUT2D eigenvalue weighted by Crippen LogP contribution is -2.38. The van der Waals surface area contributed by atoms with E-state index in [9.17, 15) is 4.79 Å². The monoisotopic (exact) mass is 237 g/mol. The summed E-state index contributed by atoms with van der Waals surface area (Å²) in [4.78, 5) is 13.7. The summed E-state index contributed by atoms with van der Waals surface area (Å²) in [6.45, 7) is 3.76. The predicted octanol–water partition coefficient (Wildman–Crippen LogP) is 1.92. The molecule has 1 fully saturated rings. The number of nitrogens with zero attached hydrogens (tertiary/aromatic N) is 1. The Labute approximate surface area is 93.0 Å². The maximum atomic E-state index is 11.7. The molecule has 1 aliphatic heterocycles. The number of hydrogen-bond donors (Lipinski definition) is 1. The molecule has 1 aliphatic rings. The summed E-state index contributed by atoms with van der Waals surface area (Å²) in [7, 11) is 3.71. The van der Waals surface area contributed by atoms with E-state index in [2.05, 4.69) is 12.6 Å². The maximum absolute atomic E-state index is 11.7. The van der Waals surface area contributed by atoms with Crippen LogP contribution in [0.15, 0.2) is 0 Å². The molecule has 0 spiro atoms. The molecule has 5 heteroatoms. The molecule has 0 aromatic heterocycles. The van der Waals surface area contributed by atoms with Crippen molar-refractivity contribution < 1.29 is 4.79 Å². The van der Waals surface area contributed by atoms with E-state index in [0.29, 0.717) is 0 Å². The van der Waals surface area contributed by atoms with Gasteiger partial charge in [0.2, 0.25) is 5.91 Å². The molecule has 1 atom stereocenters. The first-order valence-corrected chi connectivity index (χ1v) is 7.47. The van der Waals surface area contributed by atoms with Crippen LogP contribution in [-0.2, 0) is 4.79 Å². The van der Waals surface area contributed by atoms with Crippen molar-refractivity contribution in [1.82, 2.24) is 4.90 Å². The van der Waals surface area contributed by atoms with Crippen LogP contribution < -0.4 is 0 Å². The molecule has 1 saturated heterocycles. The molecule has 0 N–H and O–H groups in total. The second-order valence-electron chi connectivity index (χ2n) is 2.89. The minimum atomic E-state index is -0.104. The van der Waals surface area contributed by atoms with Crippen LogP contribution in [0.2, 0.25) is 0 Å². The summed E-state index contributed by atoms with van der Waals surface area (Å²) in [5.41, 5.74) is 0. The molecule has 2 nitrogen and oxygen atoms in total. The molecule has 1 rings (SSSR count). The molecular weight excluding hydrogens is 222 g/mol. The Balaban J connectivity index is 2.43. The molecule has 0 bridgehead atoms. The van der Waals surface area contributed by atoms with Crippen LogP contribution in [0.1, 0.15) is 13.3 Å². The Morgan fingerprint density at radius 2 is 2.00 bits per heavy atom. The molecule has 1 unspecified atom stereocenters. The van der Waals surface area contributed by atoms with Gasteiger partial charge in [-0.05, 0) is 6.42 Å². The molecule has 0 aromatic carbocycles. The second-order valence-corrected chi connectivity index (χ2v) is 6.22. The average molecular weight is 237 g/mol. The first kappa shape index (κ1) is 11.6. The van der Waals surface area contributed by atoms with E-state index in [1.54, 1.807) is 0 Å². The Bertz CT molecular complexity index is 169. The van der Waals surface area contributed by atoms with Crippen molar-refractivity contribution in [2.24, 2.45) is 0 Å². The van der Waals surface area contributed by atoms with Gasteiger partial charge in [0.1, 0.15) is 0 Å². The van der Waals surface area contributed by atoms with Gasteiger partial charge in [-0.25, -0.2) is 0 Å². The van der Waals surface area contributed by atoms with Gasteiger partial charge in [0.15, 0.2) is 0 Å². The average Bonchev–Trinajstić information content (AvgIpc) is 2.43. The third-order valence-corrected chi connectivity index (χ3v) is 4.91. The summed E-state index contributed by atoms with van der Waals surface area (Å²) in [5.74, 6) is 2.29. The summed E-state index contributed by atoms with van der Waals surface area (Å²) in [6.07, 6.45) is 0.818. The number of carbonyl (C=O) groups is 1. The van der Waals surface area contributed by atoms with E-state index >= 15 is 0 Å². The summed E-state index contributed by atoms with van der Waals surface area (Å²) in [6, 6.07) is 0. The Hall–Kier alpha value is 0.520. The molecular formula is C8H15NOS3. The first-order chi connectivity index (χ1) is 6.25. The van der Waals surface area contributed by atoms with Crippen LogP contribution in [0.25, 0.3) is 0 Å². The predicted molar refractivity (Wildman–Crippen MR) is 64.6 cm³/mol. The third kappa shape index (κ3) is 3.64. The van der Waals surface area contributed by atoms with Crippen molar-refractivity contribution in [3.63, 3.8) is 0 Å². The summed E-state index contributed by atoms with van der Waals surface area (Å²) < 4.78 is 0. The highest BCUT2D eigenvalue weighted by Crippen LogP contribution is 2.24. The van der Waals surface area contributed by atoms with Crippen LogP contribution >= 0.6 is 34.2 Å². The van der Waals surface area contributed by atoms with Crippen molar-refractivity contribution in [3.05, 3.63) is 0 Å². The van der Waals surface area contributed by atoms with Gasteiger partial charge in [-0.15, -0.1) is 0 Å². The zero-order valence-corrected chi connectivity index (χ0v) is 10.3. The number of amides is 1. The molecule has 76 valence electrons. The summed E-state index contributed by atoms with van der Waals surface area (Å²) in [5, 5.41) is -0.104. The molecule has 1 amide bonds. The second kappa shape index (κ2) is 6.09. The number of thiol groups is 1. The lowest BCUT2D eigenvalue weighted by atomic mass is 10.3. The van der Waals surface area contributed by atoms with Crippen molar-refractivity contribution in [3.8, 4) is 0 Å².